The van der Waals surface area contributed by atoms with Gasteiger partial charge in [0.1, 0.15) is 9.84 Å². The van der Waals surface area contributed by atoms with Gasteiger partial charge in [-0.15, -0.1) is 0 Å². The molecule has 1 aromatic carbocycles. The van der Waals surface area contributed by atoms with Crippen molar-refractivity contribution in [2.24, 2.45) is 0 Å². The number of halogens is 1. The summed E-state index contributed by atoms with van der Waals surface area (Å²) in [5.41, 5.74) is 0.811. The van der Waals surface area contributed by atoms with Crippen molar-refractivity contribution < 1.29 is 16.8 Å². The molecule has 19 heavy (non-hydrogen) atoms. The number of benzene rings is 1. The number of hydrogen-bond acceptors (Lipinski definition) is 4. The summed E-state index contributed by atoms with van der Waals surface area (Å²) in [6.45, 7) is 1.71. The second-order valence-corrected chi connectivity index (χ2v) is 9.39. The lowest BCUT2D eigenvalue weighted by Crippen LogP contribution is -2.31. The molecule has 0 bridgehead atoms. The monoisotopic (exact) mass is 369 g/mol. The average molecular weight is 370 g/mol. The normalized spacial score (nSPS) is 14.3. The van der Waals surface area contributed by atoms with Gasteiger partial charge in [0.2, 0.25) is 10.0 Å². The van der Waals surface area contributed by atoms with E-state index >= 15 is 0 Å². The first-order chi connectivity index (χ1) is 8.59. The highest BCUT2D eigenvalue weighted by molar-refractivity contribution is 9.10. The first-order valence-corrected chi connectivity index (χ1v) is 10.0. The van der Waals surface area contributed by atoms with Gasteiger partial charge in [-0.1, -0.05) is 28.1 Å². The first-order valence-electron chi connectivity index (χ1n) is 5.52. The first kappa shape index (κ1) is 16.6. The Morgan fingerprint density at radius 2 is 1.63 bits per heavy atom. The zero-order valence-corrected chi connectivity index (χ0v) is 13.8. The molecule has 8 heteroatoms. The molecule has 0 saturated carbocycles. The Hall–Kier alpha value is -0.440. The Kier molecular flexibility index (Phi) is 5.54. The van der Waals surface area contributed by atoms with E-state index in [4.69, 9.17) is 0 Å². The Labute approximate surface area is 122 Å². The number of sulfone groups is 1. The molecular formula is C11H16BrNO4S2. The summed E-state index contributed by atoms with van der Waals surface area (Å²) in [5.74, 6) is -0.803. The van der Waals surface area contributed by atoms with Gasteiger partial charge in [-0.25, -0.2) is 21.6 Å². The Balaban J connectivity index is 2.70. The molecule has 1 N–H and O–H groups in total. The van der Waals surface area contributed by atoms with E-state index in [1.54, 1.807) is 19.1 Å². The van der Waals surface area contributed by atoms with Crippen LogP contribution in [0, 0.1) is 0 Å². The third-order valence-electron chi connectivity index (χ3n) is 2.45. The lowest BCUT2D eigenvalue weighted by atomic mass is 10.1. The second-order valence-electron chi connectivity index (χ2n) is 4.34. The fourth-order valence-electron chi connectivity index (χ4n) is 1.41. The van der Waals surface area contributed by atoms with Crippen molar-refractivity contribution in [1.82, 2.24) is 4.72 Å². The van der Waals surface area contributed by atoms with Crippen LogP contribution >= 0.6 is 15.9 Å². The topological polar surface area (TPSA) is 80.3 Å². The molecule has 0 aliphatic heterocycles. The predicted octanol–water partition coefficient (Wildman–Crippen LogP) is 1.47. The fourth-order valence-corrected chi connectivity index (χ4v) is 4.55. The Morgan fingerprint density at radius 3 is 2.11 bits per heavy atom. The third kappa shape index (κ3) is 6.51. The summed E-state index contributed by atoms with van der Waals surface area (Å²) < 4.78 is 48.8. The molecule has 0 aliphatic carbocycles. The Morgan fingerprint density at radius 1 is 1.11 bits per heavy atom. The van der Waals surface area contributed by atoms with Crippen molar-refractivity contribution >= 4 is 35.8 Å². The molecule has 0 radical (unpaired) electrons. The van der Waals surface area contributed by atoms with E-state index in [2.05, 4.69) is 20.7 Å². The molecule has 108 valence electrons. The van der Waals surface area contributed by atoms with Crippen molar-refractivity contribution in [2.75, 3.05) is 17.8 Å². The van der Waals surface area contributed by atoms with Crippen molar-refractivity contribution in [3.8, 4) is 0 Å². The molecule has 1 aromatic rings. The second kappa shape index (κ2) is 6.34. The van der Waals surface area contributed by atoms with Crippen molar-refractivity contribution in [1.29, 1.82) is 0 Å². The summed E-state index contributed by atoms with van der Waals surface area (Å²) >= 11 is 3.30. The molecule has 0 aliphatic rings. The maximum absolute atomic E-state index is 11.7. The van der Waals surface area contributed by atoms with Gasteiger partial charge in [-0.2, -0.15) is 0 Å². The quantitative estimate of drug-likeness (QED) is 0.823. The van der Waals surface area contributed by atoms with Crippen LogP contribution in [0.1, 0.15) is 18.5 Å². The molecule has 0 saturated heterocycles. The number of nitrogens with one attached hydrogen (secondary N) is 1. The largest absolute Gasteiger partial charge is 0.229 e. The standard InChI is InChI=1S/C11H16BrNO4S2/c1-9(10-3-5-11(12)6-4-10)13-19(16,17)8-7-18(2,14)15/h3-6,9,13H,7-8H2,1-2H3. The van der Waals surface area contributed by atoms with E-state index in [0.29, 0.717) is 0 Å². The zero-order valence-electron chi connectivity index (χ0n) is 10.6. The minimum Gasteiger partial charge on any atom is -0.229 e. The van der Waals surface area contributed by atoms with E-state index in [1.165, 1.54) is 0 Å². The van der Waals surface area contributed by atoms with Gasteiger partial charge in [-0.05, 0) is 24.6 Å². The molecule has 1 rings (SSSR count). The van der Waals surface area contributed by atoms with Crippen LogP contribution in [-0.2, 0) is 19.9 Å². The van der Waals surface area contributed by atoms with Gasteiger partial charge in [-0.3, -0.25) is 0 Å². The minimum atomic E-state index is -3.61. The van der Waals surface area contributed by atoms with Crippen LogP contribution in [0.2, 0.25) is 0 Å². The van der Waals surface area contributed by atoms with E-state index < -0.39 is 31.7 Å². The van der Waals surface area contributed by atoms with E-state index in [1.807, 2.05) is 12.1 Å². The lowest BCUT2D eigenvalue weighted by Gasteiger charge is -2.14. The molecule has 0 amide bonds. The summed E-state index contributed by atoms with van der Waals surface area (Å²) in [5, 5.41) is 0. The van der Waals surface area contributed by atoms with Crippen LogP contribution in [0.3, 0.4) is 0 Å². The Bertz CT molecular complexity index is 623. The number of hydrogen-bond donors (Lipinski definition) is 1. The van der Waals surface area contributed by atoms with E-state index in [-0.39, 0.29) is 5.75 Å². The third-order valence-corrected chi connectivity index (χ3v) is 5.64. The van der Waals surface area contributed by atoms with Gasteiger partial charge in [0.05, 0.1) is 11.5 Å². The predicted molar refractivity (Wildman–Crippen MR) is 79.2 cm³/mol. The smallest absolute Gasteiger partial charge is 0.213 e. The van der Waals surface area contributed by atoms with Gasteiger partial charge in [0, 0.05) is 16.8 Å². The van der Waals surface area contributed by atoms with Crippen molar-refractivity contribution in [2.45, 2.75) is 13.0 Å². The van der Waals surface area contributed by atoms with Gasteiger partial charge < -0.3 is 0 Å². The highest BCUT2D eigenvalue weighted by Gasteiger charge is 2.18. The highest BCUT2D eigenvalue weighted by Crippen LogP contribution is 2.17. The fraction of sp³-hybridized carbons (Fsp3) is 0.455. The zero-order chi connectivity index (χ0) is 14.7. The molecular weight excluding hydrogens is 354 g/mol. The van der Waals surface area contributed by atoms with Crippen molar-refractivity contribution in [3.63, 3.8) is 0 Å². The van der Waals surface area contributed by atoms with Crippen LogP contribution in [0.4, 0.5) is 0 Å². The van der Waals surface area contributed by atoms with Gasteiger partial charge in [0.25, 0.3) is 0 Å². The van der Waals surface area contributed by atoms with Crippen LogP contribution < -0.4 is 4.72 Å². The van der Waals surface area contributed by atoms with Gasteiger partial charge >= 0.3 is 0 Å². The molecule has 5 nitrogen and oxygen atoms in total. The van der Waals surface area contributed by atoms with E-state index in [0.717, 1.165) is 16.3 Å². The van der Waals surface area contributed by atoms with Crippen LogP contribution in [0.5, 0.6) is 0 Å². The maximum Gasteiger partial charge on any atom is 0.213 e. The maximum atomic E-state index is 11.7. The molecule has 1 unspecified atom stereocenters. The number of rotatable bonds is 6. The number of sulfonamides is 1. The van der Waals surface area contributed by atoms with Crippen LogP contribution in [0.25, 0.3) is 0 Å². The molecule has 0 heterocycles. The molecule has 0 aromatic heterocycles. The SMILES string of the molecule is CC(NS(=O)(=O)CCS(C)(=O)=O)c1ccc(Br)cc1. The summed E-state index contributed by atoms with van der Waals surface area (Å²) in [4.78, 5) is 0. The molecule has 1 atom stereocenters. The van der Waals surface area contributed by atoms with E-state index in [9.17, 15) is 16.8 Å². The van der Waals surface area contributed by atoms with Gasteiger partial charge in [0.15, 0.2) is 0 Å². The van der Waals surface area contributed by atoms with Crippen LogP contribution in [-0.4, -0.2) is 34.6 Å². The summed E-state index contributed by atoms with van der Waals surface area (Å²) in [6, 6.07) is 6.83. The highest BCUT2D eigenvalue weighted by atomic mass is 79.9. The average Bonchev–Trinajstić information content (AvgIpc) is 2.26. The summed E-state index contributed by atoms with van der Waals surface area (Å²) in [6.07, 6.45) is 1.01. The van der Waals surface area contributed by atoms with Crippen LogP contribution in [0.15, 0.2) is 28.7 Å². The minimum absolute atomic E-state index is 0.380. The van der Waals surface area contributed by atoms with Crippen molar-refractivity contribution in [3.05, 3.63) is 34.3 Å². The molecule has 0 spiro atoms. The summed E-state index contributed by atoms with van der Waals surface area (Å²) in [7, 11) is -6.90. The lowest BCUT2D eigenvalue weighted by molar-refractivity contribution is 0.566. The molecule has 0 fully saturated rings.